The first kappa shape index (κ1) is 16.8. The molecular weight excluding hydrogens is 324 g/mol. The summed E-state index contributed by atoms with van der Waals surface area (Å²) in [6, 6.07) is 9.19. The first-order valence-corrected chi connectivity index (χ1v) is 7.95. The van der Waals surface area contributed by atoms with Crippen molar-refractivity contribution in [2.75, 3.05) is 24.6 Å². The summed E-state index contributed by atoms with van der Waals surface area (Å²) in [6.07, 6.45) is 0.754. The van der Waals surface area contributed by atoms with Crippen molar-refractivity contribution >= 4 is 17.8 Å². The molecule has 1 fully saturated rings. The fraction of sp³-hybridized carbons (Fsp3) is 0.353. The number of nitrogens with zero attached hydrogens (tertiary/aromatic N) is 3. The van der Waals surface area contributed by atoms with Crippen LogP contribution in [0.5, 0.6) is 5.75 Å². The molecule has 25 heavy (non-hydrogen) atoms. The van der Waals surface area contributed by atoms with Gasteiger partial charge in [-0.3, -0.25) is 14.4 Å². The highest BCUT2D eigenvalue weighted by Crippen LogP contribution is 2.20. The van der Waals surface area contributed by atoms with E-state index in [2.05, 4.69) is 10.4 Å². The van der Waals surface area contributed by atoms with Gasteiger partial charge in [-0.1, -0.05) is 17.7 Å². The SMILES string of the molecule is Cc1ccc(OCC(=O)NCC2CN(c3ccnn3C)C(=O)O2)cc1. The van der Waals surface area contributed by atoms with E-state index in [1.54, 1.807) is 24.0 Å². The Morgan fingerprint density at radius 1 is 1.36 bits per heavy atom. The average Bonchev–Trinajstić information content (AvgIpc) is 3.17. The lowest BCUT2D eigenvalue weighted by Gasteiger charge is -2.13. The highest BCUT2D eigenvalue weighted by molar-refractivity contribution is 5.88. The van der Waals surface area contributed by atoms with Gasteiger partial charge in [0.1, 0.15) is 17.7 Å². The van der Waals surface area contributed by atoms with Crippen LogP contribution in [0, 0.1) is 6.92 Å². The van der Waals surface area contributed by atoms with Gasteiger partial charge in [0.25, 0.3) is 5.91 Å². The molecule has 3 rings (SSSR count). The Morgan fingerprint density at radius 3 is 2.80 bits per heavy atom. The second-order valence-corrected chi connectivity index (χ2v) is 5.84. The third-order valence-corrected chi connectivity index (χ3v) is 3.86. The normalized spacial score (nSPS) is 16.6. The zero-order chi connectivity index (χ0) is 17.8. The third kappa shape index (κ3) is 4.09. The van der Waals surface area contributed by atoms with Gasteiger partial charge >= 0.3 is 6.09 Å². The molecule has 2 heterocycles. The second-order valence-electron chi connectivity index (χ2n) is 5.84. The highest BCUT2D eigenvalue weighted by atomic mass is 16.6. The molecule has 0 spiro atoms. The van der Waals surface area contributed by atoms with E-state index in [1.807, 2.05) is 31.2 Å². The fourth-order valence-electron chi connectivity index (χ4n) is 2.51. The Kier molecular flexibility index (Phi) is 4.87. The Labute approximate surface area is 145 Å². The van der Waals surface area contributed by atoms with Crippen LogP contribution < -0.4 is 15.0 Å². The van der Waals surface area contributed by atoms with Crippen LogP contribution in [-0.4, -0.2) is 47.6 Å². The Morgan fingerprint density at radius 2 is 2.12 bits per heavy atom. The molecule has 0 radical (unpaired) electrons. The van der Waals surface area contributed by atoms with Crippen molar-refractivity contribution in [2.45, 2.75) is 13.0 Å². The minimum atomic E-state index is -0.446. The van der Waals surface area contributed by atoms with Crippen molar-refractivity contribution in [3.05, 3.63) is 42.1 Å². The number of hydrogen-bond acceptors (Lipinski definition) is 5. The quantitative estimate of drug-likeness (QED) is 0.852. The number of amides is 2. The van der Waals surface area contributed by atoms with Crippen LogP contribution in [0.1, 0.15) is 5.56 Å². The molecule has 1 unspecified atom stereocenters. The number of aryl methyl sites for hydroxylation is 2. The Bertz CT molecular complexity index is 756. The summed E-state index contributed by atoms with van der Waals surface area (Å²) in [5.74, 6) is 1.02. The minimum Gasteiger partial charge on any atom is -0.484 e. The minimum absolute atomic E-state index is 0.0881. The smallest absolute Gasteiger partial charge is 0.416 e. The van der Waals surface area contributed by atoms with Gasteiger partial charge < -0.3 is 14.8 Å². The molecule has 1 aromatic carbocycles. The molecule has 1 N–H and O–H groups in total. The maximum atomic E-state index is 11.9. The molecule has 1 atom stereocenters. The van der Waals surface area contributed by atoms with Crippen LogP contribution >= 0.6 is 0 Å². The monoisotopic (exact) mass is 344 g/mol. The summed E-state index contributed by atoms with van der Waals surface area (Å²) < 4.78 is 12.3. The molecule has 0 saturated carbocycles. The molecule has 1 saturated heterocycles. The van der Waals surface area contributed by atoms with Crippen molar-refractivity contribution in [3.8, 4) is 5.75 Å². The predicted molar refractivity (Wildman–Crippen MR) is 90.5 cm³/mol. The Balaban J connectivity index is 1.44. The number of aromatic nitrogens is 2. The zero-order valence-electron chi connectivity index (χ0n) is 14.1. The predicted octanol–water partition coefficient (Wildman–Crippen LogP) is 1.25. The van der Waals surface area contributed by atoms with Gasteiger partial charge in [-0.05, 0) is 19.1 Å². The van der Waals surface area contributed by atoms with E-state index < -0.39 is 12.2 Å². The maximum Gasteiger partial charge on any atom is 0.416 e. The summed E-state index contributed by atoms with van der Waals surface area (Å²) in [5.41, 5.74) is 1.12. The molecule has 1 aliphatic rings. The summed E-state index contributed by atoms with van der Waals surface area (Å²) >= 11 is 0. The van der Waals surface area contributed by atoms with E-state index in [4.69, 9.17) is 9.47 Å². The number of hydrogen-bond donors (Lipinski definition) is 1. The van der Waals surface area contributed by atoms with Crippen molar-refractivity contribution in [1.82, 2.24) is 15.1 Å². The number of anilines is 1. The van der Waals surface area contributed by atoms with Crippen molar-refractivity contribution in [3.63, 3.8) is 0 Å². The number of benzene rings is 1. The number of rotatable bonds is 6. The molecule has 2 aromatic rings. The number of carbonyl (C=O) groups excluding carboxylic acids is 2. The number of nitrogens with one attached hydrogen (secondary N) is 1. The van der Waals surface area contributed by atoms with E-state index in [0.717, 1.165) is 5.56 Å². The molecule has 1 aliphatic heterocycles. The first-order chi connectivity index (χ1) is 12.0. The fourth-order valence-corrected chi connectivity index (χ4v) is 2.51. The van der Waals surface area contributed by atoms with Crippen LogP contribution in [0.3, 0.4) is 0 Å². The summed E-state index contributed by atoms with van der Waals surface area (Å²) in [7, 11) is 1.75. The lowest BCUT2D eigenvalue weighted by atomic mass is 10.2. The summed E-state index contributed by atoms with van der Waals surface area (Å²) in [6.45, 7) is 2.48. The van der Waals surface area contributed by atoms with E-state index in [1.165, 1.54) is 4.90 Å². The first-order valence-electron chi connectivity index (χ1n) is 7.95. The van der Waals surface area contributed by atoms with Gasteiger partial charge in [0.05, 0.1) is 19.3 Å². The number of ether oxygens (including phenoxy) is 2. The molecule has 0 aliphatic carbocycles. The largest absolute Gasteiger partial charge is 0.484 e. The molecule has 8 heteroatoms. The van der Waals surface area contributed by atoms with Crippen LogP contribution in [0.4, 0.5) is 10.6 Å². The van der Waals surface area contributed by atoms with Crippen LogP contribution in [0.25, 0.3) is 0 Å². The highest BCUT2D eigenvalue weighted by Gasteiger charge is 2.33. The molecule has 2 amide bonds. The van der Waals surface area contributed by atoms with Crippen LogP contribution in [0.15, 0.2) is 36.5 Å². The van der Waals surface area contributed by atoms with E-state index in [0.29, 0.717) is 18.1 Å². The molecule has 0 bridgehead atoms. The van der Waals surface area contributed by atoms with Crippen LogP contribution in [0.2, 0.25) is 0 Å². The van der Waals surface area contributed by atoms with Gasteiger partial charge in [-0.15, -0.1) is 0 Å². The lowest BCUT2D eigenvalue weighted by Crippen LogP contribution is -2.37. The molecule has 1 aromatic heterocycles. The standard InChI is InChI=1S/C17H20N4O4/c1-12-3-5-13(6-4-12)24-11-15(22)18-9-14-10-21(17(23)25-14)16-7-8-19-20(16)2/h3-8,14H,9-11H2,1-2H3,(H,18,22). The summed E-state index contributed by atoms with van der Waals surface area (Å²) in [5, 5.41) is 6.75. The maximum absolute atomic E-state index is 11.9. The van der Waals surface area contributed by atoms with Crippen LogP contribution in [-0.2, 0) is 16.6 Å². The third-order valence-electron chi connectivity index (χ3n) is 3.86. The second kappa shape index (κ2) is 7.25. The lowest BCUT2D eigenvalue weighted by molar-refractivity contribution is -0.123. The number of carbonyl (C=O) groups is 2. The molecule has 8 nitrogen and oxygen atoms in total. The van der Waals surface area contributed by atoms with E-state index >= 15 is 0 Å². The van der Waals surface area contributed by atoms with Crippen molar-refractivity contribution in [1.29, 1.82) is 0 Å². The van der Waals surface area contributed by atoms with Gasteiger partial charge in [0.15, 0.2) is 6.61 Å². The molecular formula is C17H20N4O4. The molecule has 132 valence electrons. The Hall–Kier alpha value is -3.03. The number of cyclic esters (lactones) is 1. The van der Waals surface area contributed by atoms with E-state index in [-0.39, 0.29) is 19.1 Å². The van der Waals surface area contributed by atoms with Crippen molar-refractivity contribution < 1.29 is 19.1 Å². The zero-order valence-corrected chi connectivity index (χ0v) is 14.1. The summed E-state index contributed by atoms with van der Waals surface area (Å²) in [4.78, 5) is 25.3. The van der Waals surface area contributed by atoms with Gasteiger partial charge in [-0.25, -0.2) is 4.79 Å². The van der Waals surface area contributed by atoms with Gasteiger partial charge in [0, 0.05) is 13.1 Å². The topological polar surface area (TPSA) is 85.7 Å². The van der Waals surface area contributed by atoms with Gasteiger partial charge in [0.2, 0.25) is 0 Å². The van der Waals surface area contributed by atoms with E-state index in [9.17, 15) is 9.59 Å². The average molecular weight is 344 g/mol. The van der Waals surface area contributed by atoms with Gasteiger partial charge in [-0.2, -0.15) is 5.10 Å². The van der Waals surface area contributed by atoms with Crippen molar-refractivity contribution in [2.24, 2.45) is 7.05 Å².